The van der Waals surface area contributed by atoms with Gasteiger partial charge in [0.05, 0.1) is 18.7 Å². The van der Waals surface area contributed by atoms with E-state index in [0.717, 1.165) is 5.56 Å². The molecule has 0 spiro atoms. The number of carbonyl (C=O) groups excluding carboxylic acids is 2. The third kappa shape index (κ3) is 4.62. The highest BCUT2D eigenvalue weighted by molar-refractivity contribution is 5.98. The second-order valence-electron chi connectivity index (χ2n) is 4.55. The molecule has 5 heteroatoms. The van der Waals surface area contributed by atoms with E-state index in [-0.39, 0.29) is 24.9 Å². The van der Waals surface area contributed by atoms with Crippen LogP contribution in [0.4, 0.5) is 0 Å². The number of hydrogen-bond acceptors (Lipinski definition) is 3. The number of rotatable bonds is 4. The summed E-state index contributed by atoms with van der Waals surface area (Å²) in [6.45, 7) is 4.48. The molecule has 5 nitrogen and oxygen atoms in total. The van der Waals surface area contributed by atoms with Crippen molar-refractivity contribution in [3.05, 3.63) is 34.9 Å². The average Bonchev–Trinajstić information content (AvgIpc) is 2.49. The van der Waals surface area contributed by atoms with Gasteiger partial charge in [0.15, 0.2) is 0 Å². The summed E-state index contributed by atoms with van der Waals surface area (Å²) in [5.41, 5.74) is 7.54. The summed E-state index contributed by atoms with van der Waals surface area (Å²) in [4.78, 5) is 25.5. The Kier molecular flexibility index (Phi) is 6.44. The first-order valence-electron chi connectivity index (χ1n) is 6.82. The molecule has 0 aromatic heterocycles. The third-order valence-electron chi connectivity index (χ3n) is 3.01. The highest BCUT2D eigenvalue weighted by Crippen LogP contribution is 2.13. The molecule has 1 rings (SSSR count). The van der Waals surface area contributed by atoms with Crippen LogP contribution in [0.15, 0.2) is 18.2 Å². The van der Waals surface area contributed by atoms with Crippen LogP contribution in [0.5, 0.6) is 0 Å². The maximum Gasteiger partial charge on any atom is 0.255 e. The highest BCUT2D eigenvalue weighted by atomic mass is 16.2. The van der Waals surface area contributed by atoms with E-state index in [4.69, 9.17) is 5.73 Å². The van der Waals surface area contributed by atoms with Crippen LogP contribution >= 0.6 is 0 Å². The Morgan fingerprint density at radius 2 is 2.10 bits per heavy atom. The van der Waals surface area contributed by atoms with Crippen molar-refractivity contribution in [1.29, 1.82) is 0 Å². The maximum absolute atomic E-state index is 12.6. The molecule has 1 aromatic rings. The molecule has 1 aromatic carbocycles. The molecule has 0 aliphatic carbocycles. The molecule has 0 heterocycles. The van der Waals surface area contributed by atoms with Crippen molar-refractivity contribution < 1.29 is 9.59 Å². The minimum Gasteiger partial charge on any atom is -0.358 e. The summed E-state index contributed by atoms with van der Waals surface area (Å²) < 4.78 is 0. The van der Waals surface area contributed by atoms with Gasteiger partial charge in [0, 0.05) is 19.2 Å². The molecule has 0 radical (unpaired) electrons. The molecule has 2 amide bonds. The number of hydrogen-bond donors (Lipinski definition) is 2. The largest absolute Gasteiger partial charge is 0.358 e. The van der Waals surface area contributed by atoms with Crippen molar-refractivity contribution in [1.82, 2.24) is 10.2 Å². The van der Waals surface area contributed by atoms with Crippen molar-refractivity contribution >= 4 is 11.8 Å². The van der Waals surface area contributed by atoms with E-state index in [1.54, 1.807) is 13.1 Å². The van der Waals surface area contributed by atoms with E-state index in [2.05, 4.69) is 17.2 Å². The lowest BCUT2D eigenvalue weighted by atomic mass is 10.0. The van der Waals surface area contributed by atoms with E-state index in [1.165, 1.54) is 4.90 Å². The molecule has 0 saturated heterocycles. The number of nitrogens with two attached hydrogens (primary N) is 1. The van der Waals surface area contributed by atoms with Gasteiger partial charge in [-0.2, -0.15) is 0 Å². The van der Waals surface area contributed by atoms with Gasteiger partial charge in [0.2, 0.25) is 5.91 Å². The number of nitrogens with zero attached hydrogens (tertiary/aromatic N) is 1. The van der Waals surface area contributed by atoms with Crippen molar-refractivity contribution in [3.63, 3.8) is 0 Å². The Hall–Kier alpha value is -2.32. The molecule has 0 bridgehead atoms. The van der Waals surface area contributed by atoms with Crippen molar-refractivity contribution in [3.8, 4) is 11.8 Å². The van der Waals surface area contributed by atoms with Gasteiger partial charge in [-0.25, -0.2) is 0 Å². The number of benzene rings is 1. The first-order valence-corrected chi connectivity index (χ1v) is 6.82. The van der Waals surface area contributed by atoms with Crippen molar-refractivity contribution in [2.24, 2.45) is 5.73 Å². The van der Waals surface area contributed by atoms with Crippen molar-refractivity contribution in [2.45, 2.75) is 13.8 Å². The zero-order chi connectivity index (χ0) is 15.8. The lowest BCUT2D eigenvalue weighted by Crippen LogP contribution is -2.39. The van der Waals surface area contributed by atoms with Crippen LogP contribution in [0.3, 0.4) is 0 Å². The van der Waals surface area contributed by atoms with Crippen LogP contribution in [0.25, 0.3) is 0 Å². The topological polar surface area (TPSA) is 75.4 Å². The summed E-state index contributed by atoms with van der Waals surface area (Å²) >= 11 is 0. The molecule has 3 N–H and O–H groups in total. The summed E-state index contributed by atoms with van der Waals surface area (Å²) in [5.74, 6) is 5.27. The van der Waals surface area contributed by atoms with E-state index in [1.807, 2.05) is 26.0 Å². The average molecular weight is 287 g/mol. The smallest absolute Gasteiger partial charge is 0.255 e. The van der Waals surface area contributed by atoms with Crippen LogP contribution in [-0.2, 0) is 4.79 Å². The zero-order valence-corrected chi connectivity index (χ0v) is 12.7. The minimum atomic E-state index is -0.206. The normalized spacial score (nSPS) is 9.52. The van der Waals surface area contributed by atoms with Crippen LogP contribution in [0.1, 0.15) is 28.4 Å². The van der Waals surface area contributed by atoms with Gasteiger partial charge in [0.25, 0.3) is 5.91 Å². The molecule has 112 valence electrons. The molecule has 0 aliphatic rings. The Labute approximate surface area is 125 Å². The van der Waals surface area contributed by atoms with Crippen LogP contribution in [0, 0.1) is 18.8 Å². The second kappa shape index (κ2) is 8.08. The fraction of sp³-hybridized carbons (Fsp3) is 0.375. The van der Waals surface area contributed by atoms with Gasteiger partial charge in [0.1, 0.15) is 0 Å². The van der Waals surface area contributed by atoms with Crippen molar-refractivity contribution in [2.75, 3.05) is 26.7 Å². The molecular formula is C16H21N3O2. The molecule has 0 aliphatic heterocycles. The number of aryl methyl sites for hydroxylation is 1. The van der Waals surface area contributed by atoms with Gasteiger partial charge in [-0.3, -0.25) is 9.59 Å². The second-order valence-corrected chi connectivity index (χ2v) is 4.55. The molecular weight excluding hydrogens is 266 g/mol. The Balaban J connectivity index is 3.12. The Morgan fingerprint density at radius 1 is 1.38 bits per heavy atom. The lowest BCUT2D eigenvalue weighted by molar-refractivity contribution is -0.121. The summed E-state index contributed by atoms with van der Waals surface area (Å²) in [6, 6.07) is 5.45. The summed E-state index contributed by atoms with van der Waals surface area (Å²) in [6.07, 6.45) is 0. The Bertz CT molecular complexity index is 585. The standard InChI is InChI=1S/C16H21N3O2/c1-4-19(11-15(20)18-3)16(21)14-8-7-12(2)10-13(14)6-5-9-17/h7-8,10H,4,9,11,17H2,1-3H3,(H,18,20). The van der Waals surface area contributed by atoms with E-state index in [0.29, 0.717) is 17.7 Å². The third-order valence-corrected chi connectivity index (χ3v) is 3.01. The molecule has 0 saturated carbocycles. The quantitative estimate of drug-likeness (QED) is 0.792. The van der Waals surface area contributed by atoms with Crippen LogP contribution in [-0.4, -0.2) is 43.4 Å². The predicted molar refractivity (Wildman–Crippen MR) is 82.8 cm³/mol. The molecule has 0 fully saturated rings. The van der Waals surface area contributed by atoms with Gasteiger partial charge in [-0.05, 0) is 31.5 Å². The Morgan fingerprint density at radius 3 is 2.67 bits per heavy atom. The molecule has 21 heavy (non-hydrogen) atoms. The fourth-order valence-electron chi connectivity index (χ4n) is 1.84. The van der Waals surface area contributed by atoms with E-state index in [9.17, 15) is 9.59 Å². The van der Waals surface area contributed by atoms with Gasteiger partial charge >= 0.3 is 0 Å². The van der Waals surface area contributed by atoms with Crippen LogP contribution in [0.2, 0.25) is 0 Å². The molecule has 0 atom stereocenters. The van der Waals surface area contributed by atoms with Crippen LogP contribution < -0.4 is 11.1 Å². The van der Waals surface area contributed by atoms with E-state index < -0.39 is 0 Å². The number of carbonyl (C=O) groups is 2. The lowest BCUT2D eigenvalue weighted by Gasteiger charge is -2.20. The highest BCUT2D eigenvalue weighted by Gasteiger charge is 2.19. The number of amides is 2. The SMILES string of the molecule is CCN(CC(=O)NC)C(=O)c1ccc(C)cc1C#CCN. The molecule has 0 unspecified atom stereocenters. The summed E-state index contributed by atoms with van der Waals surface area (Å²) in [5, 5.41) is 2.52. The summed E-state index contributed by atoms with van der Waals surface area (Å²) in [7, 11) is 1.55. The first-order chi connectivity index (χ1) is 10.0. The predicted octanol–water partition coefficient (Wildman–Crippen LogP) is 0.513. The maximum atomic E-state index is 12.6. The number of nitrogens with one attached hydrogen (secondary N) is 1. The zero-order valence-electron chi connectivity index (χ0n) is 12.7. The first kappa shape index (κ1) is 16.7. The van der Waals surface area contributed by atoms with Gasteiger partial charge < -0.3 is 16.0 Å². The monoisotopic (exact) mass is 287 g/mol. The minimum absolute atomic E-state index is 0.0312. The van der Waals surface area contributed by atoms with Gasteiger partial charge in [-0.1, -0.05) is 17.9 Å². The van der Waals surface area contributed by atoms with E-state index >= 15 is 0 Å². The number of likely N-dealkylation sites (N-methyl/N-ethyl adjacent to an activating group) is 2. The van der Waals surface area contributed by atoms with Gasteiger partial charge in [-0.15, -0.1) is 0 Å². The fourth-order valence-corrected chi connectivity index (χ4v) is 1.84.